The predicted molar refractivity (Wildman–Crippen MR) is 132 cm³/mol. The zero-order valence-electron chi connectivity index (χ0n) is 18.5. The molecule has 0 fully saturated rings. The van der Waals surface area contributed by atoms with Crippen molar-refractivity contribution in [2.24, 2.45) is 0 Å². The summed E-state index contributed by atoms with van der Waals surface area (Å²) in [6.45, 7) is 0. The van der Waals surface area contributed by atoms with Crippen molar-refractivity contribution in [1.82, 2.24) is 0 Å². The quantitative estimate of drug-likeness (QED) is 0.250. The summed E-state index contributed by atoms with van der Waals surface area (Å²) >= 11 is -1.90. The molecule has 35 heavy (non-hydrogen) atoms. The van der Waals surface area contributed by atoms with Crippen LogP contribution in [0.2, 0.25) is 0 Å². The van der Waals surface area contributed by atoms with E-state index in [9.17, 15) is 17.4 Å². The zero-order chi connectivity index (χ0) is 24.6. The van der Waals surface area contributed by atoms with E-state index < -0.39 is 17.4 Å². The Morgan fingerprint density at radius 2 is 1.37 bits per heavy atom. The van der Waals surface area contributed by atoms with Gasteiger partial charge in [-0.05, 0) is 50.9 Å². The zero-order valence-corrected chi connectivity index (χ0v) is 19.3. The van der Waals surface area contributed by atoms with Crippen LogP contribution in [-0.4, -0.2) is 17.7 Å². The lowest BCUT2D eigenvalue weighted by Crippen LogP contribution is -2.18. The minimum Gasteiger partial charge on any atom is -0.405 e. The molecule has 0 heterocycles. The maximum Gasteiger partial charge on any atom is 0.573 e. The van der Waals surface area contributed by atoms with Crippen molar-refractivity contribution in [3.8, 4) is 28.0 Å². The number of benzene rings is 5. The molecule has 0 aliphatic heterocycles. The van der Waals surface area contributed by atoms with Crippen molar-refractivity contribution >= 4 is 32.6 Å². The highest BCUT2D eigenvalue weighted by atomic mass is 32.2. The fourth-order valence-corrected chi connectivity index (χ4v) is 5.06. The summed E-state index contributed by atoms with van der Waals surface area (Å²) in [6, 6.07) is 28.8. The molecule has 5 aromatic rings. The fourth-order valence-electron chi connectivity index (χ4n) is 4.33. The van der Waals surface area contributed by atoms with Gasteiger partial charge in [0.1, 0.15) is 5.75 Å². The van der Waals surface area contributed by atoms with Crippen LogP contribution in [0.4, 0.5) is 13.2 Å². The standard InChI is InChI=1S/C28H19F3O3S/c1-33-35(32)25-16-13-19-9-5-6-10-22(19)27(25)26-23-14-11-20(18-7-3-2-4-8-18)17-21(23)12-15-24(26)34-28(29,30)31/h2-17H,1H3. The number of ether oxygens (including phenoxy) is 1. The highest BCUT2D eigenvalue weighted by molar-refractivity contribution is 7.80. The molecule has 0 amide bonds. The average Bonchev–Trinajstić information content (AvgIpc) is 2.87. The monoisotopic (exact) mass is 492 g/mol. The van der Waals surface area contributed by atoms with Crippen LogP contribution in [-0.2, 0) is 15.3 Å². The third-order valence-corrected chi connectivity index (χ3v) is 6.79. The molecule has 1 unspecified atom stereocenters. The van der Waals surface area contributed by atoms with Crippen LogP contribution < -0.4 is 4.74 Å². The van der Waals surface area contributed by atoms with Crippen molar-refractivity contribution in [3.05, 3.63) is 97.1 Å². The molecule has 0 aromatic heterocycles. The summed E-state index contributed by atoms with van der Waals surface area (Å²) in [5.74, 6) is -0.372. The lowest BCUT2D eigenvalue weighted by Gasteiger charge is -2.20. The van der Waals surface area contributed by atoms with Crippen LogP contribution in [0, 0.1) is 0 Å². The third-order valence-electron chi connectivity index (χ3n) is 5.79. The first kappa shape index (κ1) is 23.1. The van der Waals surface area contributed by atoms with Crippen molar-refractivity contribution < 1.29 is 26.3 Å². The molecule has 0 saturated carbocycles. The Labute approximate surface area is 202 Å². The molecule has 7 heteroatoms. The Bertz CT molecular complexity index is 1560. The second-order valence-electron chi connectivity index (χ2n) is 7.85. The van der Waals surface area contributed by atoms with E-state index in [2.05, 4.69) is 4.74 Å². The molecule has 176 valence electrons. The molecule has 0 saturated heterocycles. The second kappa shape index (κ2) is 9.17. The molecule has 5 aromatic carbocycles. The van der Waals surface area contributed by atoms with E-state index >= 15 is 0 Å². The van der Waals surface area contributed by atoms with Gasteiger partial charge in [0.2, 0.25) is 0 Å². The minimum atomic E-state index is -4.91. The molecular weight excluding hydrogens is 473 g/mol. The van der Waals surface area contributed by atoms with Crippen molar-refractivity contribution in [2.75, 3.05) is 7.11 Å². The van der Waals surface area contributed by atoms with E-state index in [0.717, 1.165) is 21.9 Å². The first-order chi connectivity index (χ1) is 16.9. The summed E-state index contributed by atoms with van der Waals surface area (Å²) in [6.07, 6.45) is -4.91. The molecular formula is C28H19F3O3S. The van der Waals surface area contributed by atoms with E-state index in [1.54, 1.807) is 36.4 Å². The number of fused-ring (bicyclic) bond motifs is 2. The first-order valence-corrected chi connectivity index (χ1v) is 11.8. The Hall–Kier alpha value is -3.68. The number of hydrogen-bond acceptors (Lipinski definition) is 3. The molecule has 3 nitrogen and oxygen atoms in total. The van der Waals surface area contributed by atoms with Crippen LogP contribution in [0.15, 0.2) is 102 Å². The predicted octanol–water partition coefficient (Wildman–Crippen LogP) is 7.89. The van der Waals surface area contributed by atoms with Gasteiger partial charge in [0.05, 0.1) is 12.0 Å². The number of rotatable bonds is 5. The lowest BCUT2D eigenvalue weighted by atomic mass is 9.91. The summed E-state index contributed by atoms with van der Waals surface area (Å²) in [5, 5.41) is 2.69. The van der Waals surface area contributed by atoms with Gasteiger partial charge in [-0.25, -0.2) is 4.21 Å². The van der Waals surface area contributed by atoms with Gasteiger partial charge in [-0.3, -0.25) is 4.18 Å². The first-order valence-electron chi connectivity index (χ1n) is 10.7. The Kier molecular flexibility index (Phi) is 6.05. The van der Waals surface area contributed by atoms with Crippen molar-refractivity contribution in [2.45, 2.75) is 11.3 Å². The molecule has 0 radical (unpaired) electrons. The Balaban J connectivity index is 1.87. The second-order valence-corrected chi connectivity index (χ2v) is 9.09. The third kappa shape index (κ3) is 4.52. The van der Waals surface area contributed by atoms with E-state index in [-0.39, 0.29) is 16.2 Å². The van der Waals surface area contributed by atoms with Crippen molar-refractivity contribution in [3.63, 3.8) is 0 Å². The highest BCUT2D eigenvalue weighted by Gasteiger charge is 2.33. The SMILES string of the molecule is COS(=O)c1ccc2ccccc2c1-c1c(OC(F)(F)F)ccc2cc(-c3ccccc3)ccc12. The normalized spacial score (nSPS) is 12.7. The topological polar surface area (TPSA) is 35.5 Å². The van der Waals surface area contributed by atoms with Crippen LogP contribution in [0.25, 0.3) is 43.8 Å². The van der Waals surface area contributed by atoms with Gasteiger partial charge >= 0.3 is 6.36 Å². The van der Waals surface area contributed by atoms with Crippen molar-refractivity contribution in [1.29, 1.82) is 0 Å². The van der Waals surface area contributed by atoms with Crippen LogP contribution >= 0.6 is 0 Å². The Morgan fingerprint density at radius 1 is 0.686 bits per heavy atom. The van der Waals surface area contributed by atoms with Crippen LogP contribution in [0.5, 0.6) is 5.75 Å². The molecule has 0 aliphatic carbocycles. The fraction of sp³-hybridized carbons (Fsp3) is 0.0714. The van der Waals surface area contributed by atoms with Gasteiger partial charge in [0.25, 0.3) is 0 Å². The van der Waals surface area contributed by atoms with E-state index in [1.165, 1.54) is 13.2 Å². The van der Waals surface area contributed by atoms with Gasteiger partial charge in [-0.1, -0.05) is 78.9 Å². The maximum absolute atomic E-state index is 13.5. The van der Waals surface area contributed by atoms with Gasteiger partial charge in [-0.15, -0.1) is 13.2 Å². The molecule has 5 rings (SSSR count). The molecule has 1 atom stereocenters. The van der Waals surface area contributed by atoms with Crippen LogP contribution in [0.1, 0.15) is 0 Å². The molecule has 0 spiro atoms. The largest absolute Gasteiger partial charge is 0.573 e. The summed E-state index contributed by atoms with van der Waals surface area (Å²) < 4.78 is 62.8. The van der Waals surface area contributed by atoms with E-state index in [0.29, 0.717) is 16.3 Å². The van der Waals surface area contributed by atoms with Gasteiger partial charge in [0.15, 0.2) is 11.1 Å². The summed E-state index contributed by atoms with van der Waals surface area (Å²) in [5.41, 5.74) is 2.49. The summed E-state index contributed by atoms with van der Waals surface area (Å²) in [4.78, 5) is 0.262. The Morgan fingerprint density at radius 3 is 2.11 bits per heavy atom. The van der Waals surface area contributed by atoms with Crippen LogP contribution in [0.3, 0.4) is 0 Å². The number of hydrogen-bond donors (Lipinski definition) is 0. The van der Waals surface area contributed by atoms with Gasteiger partial charge in [-0.2, -0.15) is 0 Å². The average molecular weight is 493 g/mol. The smallest absolute Gasteiger partial charge is 0.405 e. The van der Waals surface area contributed by atoms with Gasteiger partial charge < -0.3 is 4.74 Å². The lowest BCUT2D eigenvalue weighted by molar-refractivity contribution is -0.274. The molecule has 0 bridgehead atoms. The van der Waals surface area contributed by atoms with E-state index in [1.807, 2.05) is 54.6 Å². The minimum absolute atomic E-state index is 0.205. The maximum atomic E-state index is 13.5. The summed E-state index contributed by atoms with van der Waals surface area (Å²) in [7, 11) is 1.29. The van der Waals surface area contributed by atoms with Gasteiger partial charge in [0, 0.05) is 11.1 Å². The van der Waals surface area contributed by atoms with E-state index in [4.69, 9.17) is 4.18 Å². The molecule has 0 aliphatic rings. The highest BCUT2D eigenvalue weighted by Crippen LogP contribution is 2.45. The number of alkyl halides is 3. The number of halogens is 3. The molecule has 0 N–H and O–H groups in total.